The van der Waals surface area contributed by atoms with Crippen LogP contribution in [-0.4, -0.2) is 13.7 Å². The molecule has 4 heteroatoms. The third-order valence-corrected chi connectivity index (χ3v) is 1.94. The van der Waals surface area contributed by atoms with Gasteiger partial charge in [0.25, 0.3) is 0 Å². The number of benzene rings is 1. The molecule has 0 saturated heterocycles. The number of ether oxygens (including phenoxy) is 2. The number of methoxy groups -OCH3 is 1. The molecular formula is C12H17BrO2Zn. The van der Waals surface area contributed by atoms with Crippen molar-refractivity contribution in [2.45, 2.75) is 13.3 Å². The summed E-state index contributed by atoms with van der Waals surface area (Å²) in [6, 6.07) is 7.60. The van der Waals surface area contributed by atoms with Crippen molar-refractivity contribution < 1.29 is 25.8 Å². The quantitative estimate of drug-likeness (QED) is 0.601. The van der Waals surface area contributed by atoms with Gasteiger partial charge in [-0.25, -0.2) is 0 Å². The summed E-state index contributed by atoms with van der Waals surface area (Å²) in [4.78, 5) is 0. The van der Waals surface area contributed by atoms with Gasteiger partial charge < -0.3 is 16.4 Å². The molecule has 1 aromatic rings. The minimum atomic E-state index is 0.438. The monoisotopic (exact) mass is 336 g/mol. The van der Waals surface area contributed by atoms with E-state index in [1.807, 2.05) is 24.3 Å². The second-order valence-electron chi connectivity index (χ2n) is 3.42. The standard InChI is InChI=1S/C12H17O2.BrH.Zn/c1-10(2)8-9-14-12-6-4-11(13-3)5-7-12;;/h4-7,10H,1,8-9H2,2-3H3;1H;/q-1;;+2/p-1/t10-;;/m0../s1. The molecule has 0 aliphatic heterocycles. The van der Waals surface area contributed by atoms with Gasteiger partial charge >= 0.3 is 30.0 Å². The van der Waals surface area contributed by atoms with Crippen LogP contribution < -0.4 is 9.47 Å². The van der Waals surface area contributed by atoms with Crippen molar-refractivity contribution >= 4 is 13.6 Å². The SMILES string of the molecule is [CH2-][C@@H](C)CCOc1ccc(OC)cc1.[Zn+][Br]. The van der Waals surface area contributed by atoms with E-state index in [0.717, 1.165) is 24.5 Å². The van der Waals surface area contributed by atoms with Crippen LogP contribution in [0.3, 0.4) is 0 Å². The van der Waals surface area contributed by atoms with Crippen LogP contribution >= 0.6 is 13.6 Å². The predicted molar refractivity (Wildman–Crippen MR) is 66.6 cm³/mol. The van der Waals surface area contributed by atoms with Crippen molar-refractivity contribution in [1.29, 1.82) is 0 Å². The van der Waals surface area contributed by atoms with Crippen LogP contribution in [0.5, 0.6) is 11.5 Å². The molecule has 0 saturated carbocycles. The summed E-state index contributed by atoms with van der Waals surface area (Å²) in [5.41, 5.74) is 0. The first-order valence-corrected chi connectivity index (χ1v) is 12.0. The maximum absolute atomic E-state index is 5.52. The Morgan fingerprint density at radius 2 is 1.75 bits per heavy atom. The Labute approximate surface area is 115 Å². The molecule has 2 nitrogen and oxygen atoms in total. The van der Waals surface area contributed by atoms with Gasteiger partial charge in [0.1, 0.15) is 11.5 Å². The molecule has 0 unspecified atom stereocenters. The molecule has 0 radical (unpaired) electrons. The normalized spacial score (nSPS) is 11.1. The number of rotatable bonds is 5. The Balaban J connectivity index is 0.00000106. The molecule has 0 heterocycles. The zero-order valence-electron chi connectivity index (χ0n) is 9.91. The van der Waals surface area contributed by atoms with Crippen LogP contribution in [0, 0.1) is 12.8 Å². The second-order valence-corrected chi connectivity index (χ2v) is 3.42. The van der Waals surface area contributed by atoms with Gasteiger partial charge in [-0.15, -0.1) is 0 Å². The van der Waals surface area contributed by atoms with E-state index in [1.165, 1.54) is 16.3 Å². The molecule has 0 spiro atoms. The second kappa shape index (κ2) is 10.1. The van der Waals surface area contributed by atoms with Gasteiger partial charge in [0.15, 0.2) is 0 Å². The van der Waals surface area contributed by atoms with E-state index in [-0.39, 0.29) is 0 Å². The average molecular weight is 339 g/mol. The molecule has 1 aromatic carbocycles. The van der Waals surface area contributed by atoms with E-state index in [2.05, 4.69) is 27.5 Å². The molecular weight excluding hydrogens is 321 g/mol. The average Bonchev–Trinajstić information content (AvgIpc) is 2.32. The summed E-state index contributed by atoms with van der Waals surface area (Å²) in [5.74, 6) is 2.17. The van der Waals surface area contributed by atoms with Gasteiger partial charge in [-0.3, -0.25) is 0 Å². The molecule has 0 aliphatic carbocycles. The summed E-state index contributed by atoms with van der Waals surface area (Å²) >= 11 is 4.25. The van der Waals surface area contributed by atoms with E-state index in [0.29, 0.717) is 5.92 Å². The summed E-state index contributed by atoms with van der Waals surface area (Å²) in [5, 5.41) is 0. The van der Waals surface area contributed by atoms with Gasteiger partial charge in [-0.2, -0.15) is 5.92 Å². The number of halogens is 1. The van der Waals surface area contributed by atoms with Crippen molar-refractivity contribution in [3.63, 3.8) is 0 Å². The molecule has 0 aliphatic rings. The predicted octanol–water partition coefficient (Wildman–Crippen LogP) is 3.78. The summed E-state index contributed by atoms with van der Waals surface area (Å²) in [6.07, 6.45) is 0.978. The molecule has 1 rings (SSSR count). The fourth-order valence-corrected chi connectivity index (χ4v) is 1.05. The van der Waals surface area contributed by atoms with Gasteiger partial charge in [0, 0.05) is 0 Å². The number of hydrogen-bond donors (Lipinski definition) is 0. The van der Waals surface area contributed by atoms with Crippen LogP contribution in [0.1, 0.15) is 13.3 Å². The molecule has 0 aromatic heterocycles. The Morgan fingerprint density at radius 3 is 2.19 bits per heavy atom. The zero-order valence-corrected chi connectivity index (χ0v) is 14.5. The van der Waals surface area contributed by atoms with Crippen LogP contribution in [0.2, 0.25) is 0 Å². The van der Waals surface area contributed by atoms with Crippen molar-refractivity contribution in [3.05, 3.63) is 31.2 Å². The molecule has 0 bridgehead atoms. The van der Waals surface area contributed by atoms with Crippen LogP contribution in [-0.2, 0) is 16.3 Å². The van der Waals surface area contributed by atoms with Crippen molar-refractivity contribution in [1.82, 2.24) is 0 Å². The third-order valence-electron chi connectivity index (χ3n) is 1.94. The maximum atomic E-state index is 5.52. The Morgan fingerprint density at radius 1 is 1.25 bits per heavy atom. The fourth-order valence-electron chi connectivity index (χ4n) is 1.05. The third kappa shape index (κ3) is 7.24. The van der Waals surface area contributed by atoms with E-state index in [1.54, 1.807) is 7.11 Å². The van der Waals surface area contributed by atoms with Crippen molar-refractivity contribution in [2.24, 2.45) is 5.92 Å². The Kier molecular flexibility index (Phi) is 10.1. The summed E-state index contributed by atoms with van der Waals surface area (Å²) in [6.45, 7) is 6.70. The van der Waals surface area contributed by atoms with E-state index >= 15 is 0 Å². The Hall–Kier alpha value is -0.0766. The van der Waals surface area contributed by atoms with E-state index in [4.69, 9.17) is 9.47 Å². The van der Waals surface area contributed by atoms with Crippen LogP contribution in [0.15, 0.2) is 24.3 Å². The number of hydrogen-bond acceptors (Lipinski definition) is 2. The first-order valence-electron chi connectivity index (χ1n) is 5.09. The van der Waals surface area contributed by atoms with Crippen molar-refractivity contribution in [3.8, 4) is 11.5 Å². The molecule has 0 N–H and O–H groups in total. The molecule has 0 amide bonds. The summed E-state index contributed by atoms with van der Waals surface area (Å²) < 4.78 is 10.6. The van der Waals surface area contributed by atoms with Crippen LogP contribution in [0.25, 0.3) is 0 Å². The summed E-state index contributed by atoms with van der Waals surface area (Å²) in [7, 11) is 1.65. The van der Waals surface area contributed by atoms with Gasteiger partial charge in [-0.1, -0.05) is 6.92 Å². The van der Waals surface area contributed by atoms with Gasteiger partial charge in [-0.05, 0) is 30.7 Å². The molecule has 86 valence electrons. The van der Waals surface area contributed by atoms with Crippen molar-refractivity contribution in [2.75, 3.05) is 13.7 Å². The first kappa shape index (κ1) is 15.9. The van der Waals surface area contributed by atoms with Crippen LogP contribution in [0.4, 0.5) is 0 Å². The topological polar surface area (TPSA) is 18.5 Å². The van der Waals surface area contributed by atoms with E-state index < -0.39 is 0 Å². The van der Waals surface area contributed by atoms with Gasteiger partial charge in [0.05, 0.1) is 13.7 Å². The molecule has 16 heavy (non-hydrogen) atoms. The van der Waals surface area contributed by atoms with Gasteiger partial charge in [0.2, 0.25) is 0 Å². The molecule has 0 fully saturated rings. The minimum absolute atomic E-state index is 0.438. The van der Waals surface area contributed by atoms with E-state index in [9.17, 15) is 0 Å². The fraction of sp³-hybridized carbons (Fsp3) is 0.417. The molecule has 1 atom stereocenters. The zero-order chi connectivity index (χ0) is 12.4. The Bertz CT molecular complexity index is 262. The first-order chi connectivity index (χ1) is 7.72.